The van der Waals surface area contributed by atoms with Crippen LogP contribution in [0, 0.1) is 0 Å². The van der Waals surface area contributed by atoms with Crippen molar-refractivity contribution >= 4 is 11.9 Å². The molecule has 2 rings (SSSR count). The molecular weight excluding hydrogens is 264 g/mol. The van der Waals surface area contributed by atoms with E-state index in [-0.39, 0.29) is 5.96 Å². The van der Waals surface area contributed by atoms with Crippen molar-refractivity contribution in [1.82, 2.24) is 0 Å². The Labute approximate surface area is 123 Å². The van der Waals surface area contributed by atoms with E-state index in [1.165, 1.54) is 0 Å². The van der Waals surface area contributed by atoms with E-state index in [9.17, 15) is 4.79 Å². The Morgan fingerprint density at radius 2 is 1.67 bits per heavy atom. The van der Waals surface area contributed by atoms with Gasteiger partial charge in [0.05, 0.1) is 6.04 Å². The van der Waals surface area contributed by atoms with E-state index in [2.05, 4.69) is 4.99 Å². The van der Waals surface area contributed by atoms with Crippen LogP contribution in [0.3, 0.4) is 0 Å². The molecule has 0 aliphatic carbocycles. The van der Waals surface area contributed by atoms with Gasteiger partial charge in [-0.15, -0.1) is 0 Å². The standard InChI is InChI=1S/C16H18N4O/c17-14(15(21)20-16(18)19)10-11-5-4-8-13(9-11)12-6-2-1-3-7-12/h1-9,14H,10,17H2,(H4,18,19,20,21). The molecule has 5 nitrogen and oxygen atoms in total. The molecule has 0 saturated heterocycles. The Hall–Kier alpha value is -2.66. The minimum atomic E-state index is -0.752. The van der Waals surface area contributed by atoms with Crippen LogP contribution in [0.5, 0.6) is 0 Å². The van der Waals surface area contributed by atoms with E-state index in [4.69, 9.17) is 17.2 Å². The zero-order valence-electron chi connectivity index (χ0n) is 11.6. The maximum atomic E-state index is 11.6. The molecule has 0 aromatic heterocycles. The Morgan fingerprint density at radius 3 is 2.33 bits per heavy atom. The SMILES string of the molecule is NC(N)=NC(=O)C(N)Cc1cccc(-c2ccccc2)c1. The van der Waals surface area contributed by atoms with Crippen LogP contribution in [-0.2, 0) is 11.2 Å². The van der Waals surface area contributed by atoms with Gasteiger partial charge < -0.3 is 17.2 Å². The maximum absolute atomic E-state index is 11.6. The van der Waals surface area contributed by atoms with Gasteiger partial charge in [0, 0.05) is 0 Å². The number of carbonyl (C=O) groups excluding carboxylic acids is 1. The van der Waals surface area contributed by atoms with Gasteiger partial charge in [0.15, 0.2) is 5.96 Å². The molecule has 1 amide bonds. The summed E-state index contributed by atoms with van der Waals surface area (Å²) in [5.74, 6) is -0.784. The lowest BCUT2D eigenvalue weighted by Crippen LogP contribution is -2.34. The third-order valence-corrected chi connectivity index (χ3v) is 3.05. The highest BCUT2D eigenvalue weighted by atomic mass is 16.1. The first kappa shape index (κ1) is 14.7. The molecule has 0 bridgehead atoms. The zero-order chi connectivity index (χ0) is 15.2. The van der Waals surface area contributed by atoms with Gasteiger partial charge in [0.1, 0.15) is 0 Å². The molecule has 0 aliphatic rings. The van der Waals surface area contributed by atoms with Gasteiger partial charge in [0.25, 0.3) is 5.91 Å². The first-order valence-electron chi connectivity index (χ1n) is 6.59. The third-order valence-electron chi connectivity index (χ3n) is 3.05. The third kappa shape index (κ3) is 4.15. The van der Waals surface area contributed by atoms with Crippen molar-refractivity contribution in [3.05, 3.63) is 60.2 Å². The Morgan fingerprint density at radius 1 is 1.00 bits per heavy atom. The molecule has 0 heterocycles. The molecule has 21 heavy (non-hydrogen) atoms. The van der Waals surface area contributed by atoms with Gasteiger partial charge >= 0.3 is 0 Å². The lowest BCUT2D eigenvalue weighted by Gasteiger charge is -2.09. The monoisotopic (exact) mass is 282 g/mol. The van der Waals surface area contributed by atoms with Crippen LogP contribution in [-0.4, -0.2) is 17.9 Å². The second-order valence-electron chi connectivity index (χ2n) is 4.75. The predicted molar refractivity (Wildman–Crippen MR) is 84.4 cm³/mol. The molecule has 1 unspecified atom stereocenters. The van der Waals surface area contributed by atoms with Gasteiger partial charge in [-0.1, -0.05) is 54.6 Å². The number of nitrogens with two attached hydrogens (primary N) is 3. The lowest BCUT2D eigenvalue weighted by atomic mass is 9.99. The fourth-order valence-electron chi connectivity index (χ4n) is 2.06. The largest absolute Gasteiger partial charge is 0.370 e. The second-order valence-corrected chi connectivity index (χ2v) is 4.75. The smallest absolute Gasteiger partial charge is 0.266 e. The average Bonchev–Trinajstić information content (AvgIpc) is 2.47. The molecule has 0 aliphatic heterocycles. The molecule has 0 saturated carbocycles. The molecule has 2 aromatic rings. The summed E-state index contributed by atoms with van der Waals surface area (Å²) in [4.78, 5) is 15.1. The van der Waals surface area contributed by atoms with E-state index >= 15 is 0 Å². The molecule has 5 heteroatoms. The number of guanidine groups is 1. The fourth-order valence-corrected chi connectivity index (χ4v) is 2.06. The number of hydrogen-bond acceptors (Lipinski definition) is 2. The summed E-state index contributed by atoms with van der Waals surface area (Å²) in [5.41, 5.74) is 19.3. The summed E-state index contributed by atoms with van der Waals surface area (Å²) in [6.45, 7) is 0. The Balaban J connectivity index is 2.15. The van der Waals surface area contributed by atoms with Crippen LogP contribution >= 0.6 is 0 Å². The van der Waals surface area contributed by atoms with Crippen molar-refractivity contribution in [1.29, 1.82) is 0 Å². The fraction of sp³-hybridized carbons (Fsp3) is 0.125. The number of hydrogen-bond donors (Lipinski definition) is 3. The minimum absolute atomic E-state index is 0.270. The van der Waals surface area contributed by atoms with Crippen molar-refractivity contribution in [2.75, 3.05) is 0 Å². The van der Waals surface area contributed by atoms with Gasteiger partial charge in [-0.2, -0.15) is 4.99 Å². The summed E-state index contributed by atoms with van der Waals surface area (Å²) in [6, 6.07) is 17.1. The van der Waals surface area contributed by atoms with Crippen molar-refractivity contribution in [3.8, 4) is 11.1 Å². The van der Waals surface area contributed by atoms with Gasteiger partial charge in [0.2, 0.25) is 0 Å². The second kappa shape index (κ2) is 6.67. The first-order chi connectivity index (χ1) is 10.1. The minimum Gasteiger partial charge on any atom is -0.370 e. The average molecular weight is 282 g/mol. The van der Waals surface area contributed by atoms with Gasteiger partial charge in [-0.05, 0) is 23.1 Å². The highest BCUT2D eigenvalue weighted by Crippen LogP contribution is 2.20. The van der Waals surface area contributed by atoms with E-state index in [0.717, 1.165) is 16.7 Å². The van der Waals surface area contributed by atoms with E-state index in [0.29, 0.717) is 6.42 Å². The van der Waals surface area contributed by atoms with Gasteiger partial charge in [-0.3, -0.25) is 4.79 Å². The number of nitrogens with zero attached hydrogens (tertiary/aromatic N) is 1. The number of amides is 1. The summed E-state index contributed by atoms with van der Waals surface area (Å²) in [6.07, 6.45) is 0.385. The Kier molecular flexibility index (Phi) is 4.68. The van der Waals surface area contributed by atoms with Crippen LogP contribution in [0.25, 0.3) is 11.1 Å². The molecular formula is C16H18N4O. The maximum Gasteiger partial charge on any atom is 0.266 e. The highest BCUT2D eigenvalue weighted by molar-refractivity contribution is 5.94. The molecule has 108 valence electrons. The zero-order valence-corrected chi connectivity index (χ0v) is 11.6. The van der Waals surface area contributed by atoms with Crippen LogP contribution in [0.2, 0.25) is 0 Å². The normalized spacial score (nSPS) is 11.7. The highest BCUT2D eigenvalue weighted by Gasteiger charge is 2.13. The molecule has 0 radical (unpaired) electrons. The quantitative estimate of drug-likeness (QED) is 0.574. The van der Waals surface area contributed by atoms with Crippen molar-refractivity contribution < 1.29 is 4.79 Å². The summed E-state index contributed by atoms with van der Waals surface area (Å²) in [7, 11) is 0. The van der Waals surface area contributed by atoms with E-state index < -0.39 is 11.9 Å². The van der Waals surface area contributed by atoms with Crippen LogP contribution in [0.4, 0.5) is 0 Å². The Bertz CT molecular complexity index is 648. The van der Waals surface area contributed by atoms with Crippen LogP contribution in [0.15, 0.2) is 59.6 Å². The molecule has 1 atom stereocenters. The number of rotatable bonds is 4. The molecule has 0 spiro atoms. The van der Waals surface area contributed by atoms with Crippen molar-refractivity contribution in [2.24, 2.45) is 22.2 Å². The molecule has 0 fully saturated rings. The molecule has 6 N–H and O–H groups in total. The number of aliphatic imine (C=N–C) groups is 1. The summed E-state index contributed by atoms with van der Waals surface area (Å²) < 4.78 is 0. The van der Waals surface area contributed by atoms with Crippen LogP contribution < -0.4 is 17.2 Å². The summed E-state index contributed by atoms with van der Waals surface area (Å²) in [5, 5.41) is 0. The predicted octanol–water partition coefficient (Wildman–Crippen LogP) is 1.02. The van der Waals surface area contributed by atoms with Gasteiger partial charge in [-0.25, -0.2) is 0 Å². The first-order valence-corrected chi connectivity index (χ1v) is 6.59. The van der Waals surface area contributed by atoms with Crippen molar-refractivity contribution in [2.45, 2.75) is 12.5 Å². The van der Waals surface area contributed by atoms with Crippen molar-refractivity contribution in [3.63, 3.8) is 0 Å². The van der Waals surface area contributed by atoms with Crippen LogP contribution in [0.1, 0.15) is 5.56 Å². The summed E-state index contributed by atoms with van der Waals surface area (Å²) >= 11 is 0. The number of benzene rings is 2. The lowest BCUT2D eigenvalue weighted by molar-refractivity contribution is -0.118. The number of carbonyl (C=O) groups is 1. The topological polar surface area (TPSA) is 107 Å². The van der Waals surface area contributed by atoms with E-state index in [1.807, 2.05) is 54.6 Å². The molecule has 2 aromatic carbocycles. The van der Waals surface area contributed by atoms with E-state index in [1.54, 1.807) is 0 Å².